The number of aliphatic hydroxyl groups is 1. The molecular weight excluding hydrogens is 286 g/mol. The molecule has 4 heteroatoms. The highest BCUT2D eigenvalue weighted by molar-refractivity contribution is 9.10. The molecule has 92 valence electrons. The van der Waals surface area contributed by atoms with Crippen molar-refractivity contribution in [2.75, 3.05) is 6.54 Å². The second-order valence-corrected chi connectivity index (χ2v) is 5.97. The third-order valence-electron chi connectivity index (χ3n) is 3.09. The molecule has 0 bridgehead atoms. The predicted molar refractivity (Wildman–Crippen MR) is 74.0 cm³/mol. The van der Waals surface area contributed by atoms with Gasteiger partial charge in [-0.15, -0.1) is 11.3 Å². The van der Waals surface area contributed by atoms with Gasteiger partial charge in [-0.3, -0.25) is 0 Å². The topological polar surface area (TPSA) is 32.3 Å². The highest BCUT2D eigenvalue weighted by Crippen LogP contribution is 2.29. The van der Waals surface area contributed by atoms with E-state index < -0.39 is 5.60 Å². The van der Waals surface area contributed by atoms with Gasteiger partial charge in [0.2, 0.25) is 0 Å². The molecule has 0 fully saturated rings. The predicted octanol–water partition coefficient (Wildman–Crippen LogP) is 3.71. The molecule has 0 aliphatic carbocycles. The van der Waals surface area contributed by atoms with Gasteiger partial charge in [-0.25, -0.2) is 0 Å². The number of hydrogen-bond donors (Lipinski definition) is 2. The maximum absolute atomic E-state index is 10.2. The van der Waals surface area contributed by atoms with Crippen molar-refractivity contribution in [2.45, 2.75) is 45.3 Å². The Morgan fingerprint density at radius 3 is 2.56 bits per heavy atom. The Morgan fingerprint density at radius 2 is 2.12 bits per heavy atom. The summed E-state index contributed by atoms with van der Waals surface area (Å²) in [6.07, 6.45) is 1.57. The van der Waals surface area contributed by atoms with Crippen molar-refractivity contribution in [3.05, 3.63) is 20.8 Å². The summed E-state index contributed by atoms with van der Waals surface area (Å²) in [7, 11) is 0. The van der Waals surface area contributed by atoms with Crippen LogP contribution in [0.5, 0.6) is 0 Å². The normalized spacial score (nSPS) is 14.1. The summed E-state index contributed by atoms with van der Waals surface area (Å²) in [6, 6.07) is 2.34. The van der Waals surface area contributed by atoms with Crippen LogP contribution in [0, 0.1) is 0 Å². The average molecular weight is 306 g/mol. The Bertz CT molecular complexity index is 323. The second kappa shape index (κ2) is 6.15. The Balaban J connectivity index is 2.53. The van der Waals surface area contributed by atoms with E-state index in [9.17, 15) is 5.11 Å². The average Bonchev–Trinajstić information content (AvgIpc) is 2.72. The zero-order valence-corrected chi connectivity index (χ0v) is 12.5. The van der Waals surface area contributed by atoms with Crippen LogP contribution < -0.4 is 5.32 Å². The van der Waals surface area contributed by atoms with Gasteiger partial charge < -0.3 is 10.4 Å². The molecule has 0 saturated heterocycles. The number of halogens is 1. The van der Waals surface area contributed by atoms with Gasteiger partial charge in [-0.1, -0.05) is 13.8 Å². The minimum Gasteiger partial charge on any atom is -0.389 e. The van der Waals surface area contributed by atoms with Crippen molar-refractivity contribution in [3.63, 3.8) is 0 Å². The maximum atomic E-state index is 10.2. The summed E-state index contributed by atoms with van der Waals surface area (Å²) in [6.45, 7) is 6.82. The minimum absolute atomic E-state index is 0.277. The van der Waals surface area contributed by atoms with E-state index in [0.717, 1.165) is 17.3 Å². The number of nitrogens with one attached hydrogen (secondary N) is 1. The number of rotatable bonds is 6. The van der Waals surface area contributed by atoms with E-state index >= 15 is 0 Å². The largest absolute Gasteiger partial charge is 0.389 e. The van der Waals surface area contributed by atoms with Crippen LogP contribution in [0.3, 0.4) is 0 Å². The van der Waals surface area contributed by atoms with Crippen LogP contribution in [0.2, 0.25) is 0 Å². The van der Waals surface area contributed by atoms with Gasteiger partial charge in [0.05, 0.1) is 5.60 Å². The van der Waals surface area contributed by atoms with Crippen molar-refractivity contribution in [3.8, 4) is 0 Å². The molecule has 0 spiro atoms. The lowest BCUT2D eigenvalue weighted by molar-refractivity contribution is 0.0304. The molecule has 1 heterocycles. The number of hydrogen-bond acceptors (Lipinski definition) is 3. The molecule has 1 unspecified atom stereocenters. The minimum atomic E-state index is -0.571. The maximum Gasteiger partial charge on any atom is 0.0766 e. The van der Waals surface area contributed by atoms with Crippen LogP contribution in [0.15, 0.2) is 15.9 Å². The van der Waals surface area contributed by atoms with Crippen molar-refractivity contribution in [1.29, 1.82) is 0 Å². The summed E-state index contributed by atoms with van der Waals surface area (Å²) < 4.78 is 1.15. The van der Waals surface area contributed by atoms with Crippen molar-refractivity contribution < 1.29 is 5.11 Å². The van der Waals surface area contributed by atoms with E-state index in [1.54, 1.807) is 11.3 Å². The molecule has 1 rings (SSSR count). The molecular formula is C12H20BrNOS. The van der Waals surface area contributed by atoms with Gasteiger partial charge in [0, 0.05) is 21.9 Å². The highest BCUT2D eigenvalue weighted by Gasteiger charge is 2.23. The van der Waals surface area contributed by atoms with Crippen LogP contribution in [0.4, 0.5) is 0 Å². The zero-order valence-electron chi connectivity index (χ0n) is 10.1. The first-order chi connectivity index (χ1) is 7.52. The first-order valence-corrected chi connectivity index (χ1v) is 7.38. The van der Waals surface area contributed by atoms with Gasteiger partial charge in [0.15, 0.2) is 0 Å². The summed E-state index contributed by atoms with van der Waals surface area (Å²) in [4.78, 5) is 1.29. The van der Waals surface area contributed by atoms with Gasteiger partial charge in [0.25, 0.3) is 0 Å². The summed E-state index contributed by atoms with van der Waals surface area (Å²) in [5.74, 6) is 0. The molecule has 2 nitrogen and oxygen atoms in total. The molecule has 0 saturated carbocycles. The lowest BCUT2D eigenvalue weighted by atomic mass is 9.97. The zero-order chi connectivity index (χ0) is 12.2. The van der Waals surface area contributed by atoms with Gasteiger partial charge >= 0.3 is 0 Å². The van der Waals surface area contributed by atoms with Gasteiger partial charge in [-0.2, -0.15) is 0 Å². The fourth-order valence-corrected chi connectivity index (χ4v) is 3.30. The molecule has 0 aromatic carbocycles. The van der Waals surface area contributed by atoms with Crippen LogP contribution in [-0.2, 0) is 0 Å². The fourth-order valence-electron chi connectivity index (χ4n) is 1.55. The molecule has 16 heavy (non-hydrogen) atoms. The summed E-state index contributed by atoms with van der Waals surface area (Å²) in [5.41, 5.74) is -0.571. The third kappa shape index (κ3) is 3.55. The second-order valence-electron chi connectivity index (χ2n) is 4.17. The molecule has 0 amide bonds. The first-order valence-electron chi connectivity index (χ1n) is 5.71. The first kappa shape index (κ1) is 14.2. The van der Waals surface area contributed by atoms with Crippen molar-refractivity contribution >= 4 is 27.3 Å². The van der Waals surface area contributed by atoms with E-state index in [0.29, 0.717) is 6.54 Å². The third-order valence-corrected chi connectivity index (χ3v) is 5.15. The molecule has 1 aromatic heterocycles. The summed E-state index contributed by atoms with van der Waals surface area (Å²) >= 11 is 5.26. The number of thiophene rings is 1. The Labute approximate surface area is 110 Å². The molecule has 2 N–H and O–H groups in total. The van der Waals surface area contributed by atoms with E-state index in [4.69, 9.17) is 0 Å². The molecule has 1 aromatic rings. The van der Waals surface area contributed by atoms with Crippen LogP contribution in [-0.4, -0.2) is 17.3 Å². The molecule has 0 aliphatic heterocycles. The van der Waals surface area contributed by atoms with Crippen LogP contribution >= 0.6 is 27.3 Å². The SMILES string of the molecule is CCC(O)(CC)CNC(C)c1sccc1Br. The lowest BCUT2D eigenvalue weighted by Crippen LogP contribution is -2.40. The molecule has 0 aliphatic rings. The van der Waals surface area contributed by atoms with Gasteiger partial charge in [-0.05, 0) is 47.1 Å². The van der Waals surface area contributed by atoms with E-state index in [-0.39, 0.29) is 6.04 Å². The lowest BCUT2D eigenvalue weighted by Gasteiger charge is -2.27. The van der Waals surface area contributed by atoms with Crippen molar-refractivity contribution in [2.24, 2.45) is 0 Å². The Morgan fingerprint density at radius 1 is 1.50 bits per heavy atom. The molecule has 0 radical (unpaired) electrons. The molecule has 1 atom stereocenters. The quantitative estimate of drug-likeness (QED) is 0.839. The van der Waals surface area contributed by atoms with E-state index in [1.165, 1.54) is 4.88 Å². The van der Waals surface area contributed by atoms with Gasteiger partial charge in [0.1, 0.15) is 0 Å². The highest BCUT2D eigenvalue weighted by atomic mass is 79.9. The van der Waals surface area contributed by atoms with Crippen LogP contribution in [0.25, 0.3) is 0 Å². The fraction of sp³-hybridized carbons (Fsp3) is 0.667. The Kier molecular flexibility index (Phi) is 5.44. The van der Waals surface area contributed by atoms with Crippen LogP contribution in [0.1, 0.15) is 44.5 Å². The Hall–Kier alpha value is 0.100. The van der Waals surface area contributed by atoms with Crippen molar-refractivity contribution in [1.82, 2.24) is 5.32 Å². The van der Waals surface area contributed by atoms with E-state index in [2.05, 4.69) is 39.6 Å². The smallest absolute Gasteiger partial charge is 0.0766 e. The standard InChI is InChI=1S/C12H20BrNOS/c1-4-12(15,5-2)8-14-9(3)11-10(13)6-7-16-11/h6-7,9,14-15H,4-5,8H2,1-3H3. The monoisotopic (exact) mass is 305 g/mol. The summed E-state index contributed by atoms with van der Waals surface area (Å²) in [5, 5.41) is 15.6. The van der Waals surface area contributed by atoms with E-state index in [1.807, 2.05) is 13.8 Å².